The third-order valence-electron chi connectivity index (χ3n) is 2.88. The van der Waals surface area contributed by atoms with Crippen LogP contribution in [0.5, 0.6) is 0 Å². The topological polar surface area (TPSA) is 84.2 Å². The van der Waals surface area contributed by atoms with E-state index >= 15 is 0 Å². The number of primary amides is 1. The van der Waals surface area contributed by atoms with Gasteiger partial charge >= 0.3 is 0 Å². The second kappa shape index (κ2) is 5.88. The summed E-state index contributed by atoms with van der Waals surface area (Å²) in [6.07, 6.45) is 0. The van der Waals surface area contributed by atoms with Crippen molar-refractivity contribution in [1.29, 1.82) is 0 Å². The number of hydrogen-bond donors (Lipinski definition) is 3. The lowest BCUT2D eigenvalue weighted by molar-refractivity contribution is 0.100. The molecule has 0 atom stereocenters. The summed E-state index contributed by atoms with van der Waals surface area (Å²) in [5, 5.41) is 5.65. The van der Waals surface area contributed by atoms with Crippen LogP contribution in [0.1, 0.15) is 20.7 Å². The molecule has 2 rings (SSSR count). The van der Waals surface area contributed by atoms with Crippen LogP contribution >= 0.6 is 0 Å². The molecule has 0 unspecified atom stereocenters. The van der Waals surface area contributed by atoms with Crippen molar-refractivity contribution >= 4 is 23.2 Å². The van der Waals surface area contributed by atoms with Crippen molar-refractivity contribution in [2.24, 2.45) is 5.73 Å². The zero-order valence-corrected chi connectivity index (χ0v) is 11.0. The predicted molar refractivity (Wildman–Crippen MR) is 78.9 cm³/mol. The first-order chi connectivity index (χ1) is 9.63. The van der Waals surface area contributed by atoms with Crippen molar-refractivity contribution in [3.63, 3.8) is 0 Å². The first kappa shape index (κ1) is 13.6. The number of nitrogens with one attached hydrogen (secondary N) is 2. The molecule has 20 heavy (non-hydrogen) atoms. The minimum Gasteiger partial charge on any atom is -0.387 e. The first-order valence-electron chi connectivity index (χ1n) is 6.10. The molecule has 2 amide bonds. The van der Waals surface area contributed by atoms with E-state index in [2.05, 4.69) is 10.6 Å². The Morgan fingerprint density at radius 1 is 0.900 bits per heavy atom. The molecular formula is C15H15N3O2. The molecule has 0 aliphatic carbocycles. The Kier molecular flexibility index (Phi) is 4.00. The normalized spacial score (nSPS) is 9.85. The Morgan fingerprint density at radius 2 is 1.45 bits per heavy atom. The van der Waals surface area contributed by atoms with E-state index in [0.29, 0.717) is 16.9 Å². The summed E-state index contributed by atoms with van der Waals surface area (Å²) in [5.41, 5.74) is 7.17. The summed E-state index contributed by atoms with van der Waals surface area (Å²) in [4.78, 5) is 23.6. The van der Waals surface area contributed by atoms with Gasteiger partial charge in [-0.25, -0.2) is 0 Å². The number of para-hydroxylation sites is 2. The molecular weight excluding hydrogens is 254 g/mol. The Balaban J connectivity index is 2.31. The summed E-state index contributed by atoms with van der Waals surface area (Å²) >= 11 is 0. The SMILES string of the molecule is CNc1ccccc1C(=O)Nc1ccccc1C(N)=O. The van der Waals surface area contributed by atoms with E-state index in [0.717, 1.165) is 0 Å². The summed E-state index contributed by atoms with van der Waals surface area (Å²) in [6, 6.07) is 13.7. The lowest BCUT2D eigenvalue weighted by Crippen LogP contribution is -2.18. The molecule has 4 N–H and O–H groups in total. The number of carbonyl (C=O) groups is 2. The van der Waals surface area contributed by atoms with Crippen LogP contribution in [0.4, 0.5) is 11.4 Å². The fourth-order valence-corrected chi connectivity index (χ4v) is 1.90. The minimum atomic E-state index is -0.581. The zero-order chi connectivity index (χ0) is 14.5. The van der Waals surface area contributed by atoms with Crippen LogP contribution < -0.4 is 16.4 Å². The van der Waals surface area contributed by atoms with Crippen LogP contribution in [0.25, 0.3) is 0 Å². The van der Waals surface area contributed by atoms with Crippen LogP contribution in [0.3, 0.4) is 0 Å². The van der Waals surface area contributed by atoms with Crippen molar-refractivity contribution in [1.82, 2.24) is 0 Å². The summed E-state index contributed by atoms with van der Waals surface area (Å²) in [5.74, 6) is -0.883. The number of hydrogen-bond acceptors (Lipinski definition) is 3. The van der Waals surface area contributed by atoms with Crippen molar-refractivity contribution in [3.05, 3.63) is 59.7 Å². The highest BCUT2D eigenvalue weighted by Crippen LogP contribution is 2.19. The number of nitrogens with two attached hydrogens (primary N) is 1. The van der Waals surface area contributed by atoms with E-state index < -0.39 is 5.91 Å². The predicted octanol–water partition coefficient (Wildman–Crippen LogP) is 2.08. The van der Waals surface area contributed by atoms with Gasteiger partial charge < -0.3 is 16.4 Å². The van der Waals surface area contributed by atoms with Crippen molar-refractivity contribution < 1.29 is 9.59 Å². The number of rotatable bonds is 4. The van der Waals surface area contributed by atoms with E-state index in [9.17, 15) is 9.59 Å². The molecule has 0 saturated heterocycles. The highest BCUT2D eigenvalue weighted by Gasteiger charge is 2.13. The highest BCUT2D eigenvalue weighted by atomic mass is 16.2. The maximum atomic E-state index is 12.3. The summed E-state index contributed by atoms with van der Waals surface area (Å²) in [6.45, 7) is 0. The molecule has 5 heteroatoms. The van der Waals surface area contributed by atoms with E-state index in [-0.39, 0.29) is 11.5 Å². The van der Waals surface area contributed by atoms with Crippen molar-refractivity contribution in [3.8, 4) is 0 Å². The molecule has 0 fully saturated rings. The maximum absolute atomic E-state index is 12.3. The molecule has 0 aliphatic heterocycles. The monoisotopic (exact) mass is 269 g/mol. The average Bonchev–Trinajstić information content (AvgIpc) is 2.47. The molecule has 0 saturated carbocycles. The summed E-state index contributed by atoms with van der Waals surface area (Å²) in [7, 11) is 1.74. The third-order valence-corrected chi connectivity index (χ3v) is 2.88. The fourth-order valence-electron chi connectivity index (χ4n) is 1.90. The van der Waals surface area contributed by atoms with Crippen molar-refractivity contribution in [2.75, 3.05) is 17.7 Å². The van der Waals surface area contributed by atoms with Gasteiger partial charge in [0.05, 0.1) is 16.8 Å². The second-order valence-corrected chi connectivity index (χ2v) is 4.16. The van der Waals surface area contributed by atoms with E-state index in [1.165, 1.54) is 0 Å². The Bertz CT molecular complexity index is 653. The minimum absolute atomic E-state index is 0.280. The van der Waals surface area contributed by atoms with Crippen LogP contribution in [-0.4, -0.2) is 18.9 Å². The van der Waals surface area contributed by atoms with Gasteiger partial charge in [-0.05, 0) is 24.3 Å². The summed E-state index contributed by atoms with van der Waals surface area (Å²) < 4.78 is 0. The molecule has 5 nitrogen and oxygen atoms in total. The van der Waals surface area contributed by atoms with Gasteiger partial charge in [-0.2, -0.15) is 0 Å². The van der Waals surface area contributed by atoms with E-state index in [1.54, 1.807) is 49.5 Å². The largest absolute Gasteiger partial charge is 0.387 e. The number of amides is 2. The molecule has 0 bridgehead atoms. The van der Waals surface area contributed by atoms with Crippen molar-refractivity contribution in [2.45, 2.75) is 0 Å². The molecule has 0 radical (unpaired) electrons. The van der Waals surface area contributed by atoms with Gasteiger partial charge in [0.1, 0.15) is 0 Å². The molecule has 0 heterocycles. The Morgan fingerprint density at radius 3 is 2.05 bits per heavy atom. The van der Waals surface area contributed by atoms with Gasteiger partial charge in [0.25, 0.3) is 11.8 Å². The highest BCUT2D eigenvalue weighted by molar-refractivity contribution is 6.11. The van der Waals surface area contributed by atoms with Gasteiger partial charge in [-0.3, -0.25) is 9.59 Å². The third kappa shape index (κ3) is 2.77. The smallest absolute Gasteiger partial charge is 0.257 e. The number of carbonyl (C=O) groups excluding carboxylic acids is 2. The van der Waals surface area contributed by atoms with Gasteiger partial charge in [0.15, 0.2) is 0 Å². The average molecular weight is 269 g/mol. The number of benzene rings is 2. The first-order valence-corrected chi connectivity index (χ1v) is 6.10. The van der Waals surface area contributed by atoms with E-state index in [4.69, 9.17) is 5.73 Å². The quantitative estimate of drug-likeness (QED) is 0.794. The number of anilines is 2. The molecule has 2 aromatic carbocycles. The van der Waals surface area contributed by atoms with E-state index in [1.807, 2.05) is 6.07 Å². The molecule has 2 aromatic rings. The second-order valence-electron chi connectivity index (χ2n) is 4.16. The van der Waals surface area contributed by atoms with Crippen LogP contribution in [0, 0.1) is 0 Å². The van der Waals surface area contributed by atoms with Gasteiger partial charge in [-0.15, -0.1) is 0 Å². The van der Waals surface area contributed by atoms with Gasteiger partial charge in [-0.1, -0.05) is 24.3 Å². The molecule has 102 valence electrons. The Hall–Kier alpha value is -2.82. The van der Waals surface area contributed by atoms with Crippen LogP contribution in [0.15, 0.2) is 48.5 Å². The van der Waals surface area contributed by atoms with Gasteiger partial charge in [0.2, 0.25) is 0 Å². The maximum Gasteiger partial charge on any atom is 0.257 e. The van der Waals surface area contributed by atoms with Crippen LogP contribution in [-0.2, 0) is 0 Å². The standard InChI is InChI=1S/C15H15N3O2/c1-17-12-8-4-3-7-11(12)15(20)18-13-9-5-2-6-10(13)14(16)19/h2-9,17H,1H3,(H2,16,19)(H,18,20). The lowest BCUT2D eigenvalue weighted by Gasteiger charge is -2.11. The Labute approximate surface area is 116 Å². The lowest BCUT2D eigenvalue weighted by atomic mass is 10.1. The molecule has 0 aromatic heterocycles. The van der Waals surface area contributed by atoms with Crippen LogP contribution in [0.2, 0.25) is 0 Å². The fraction of sp³-hybridized carbons (Fsp3) is 0.0667. The van der Waals surface area contributed by atoms with Gasteiger partial charge in [0, 0.05) is 12.7 Å². The molecule has 0 spiro atoms. The zero-order valence-electron chi connectivity index (χ0n) is 11.0. The molecule has 0 aliphatic rings.